The summed E-state index contributed by atoms with van der Waals surface area (Å²) < 4.78 is 1.99. The minimum atomic E-state index is 0.118. The Morgan fingerprint density at radius 3 is 2.73 bits per heavy atom. The highest BCUT2D eigenvalue weighted by molar-refractivity contribution is 6.06. The van der Waals surface area contributed by atoms with Gasteiger partial charge in [0.2, 0.25) is 0 Å². The van der Waals surface area contributed by atoms with Crippen LogP contribution in [-0.2, 0) is 6.42 Å². The number of carbonyl (C=O) groups is 1. The Morgan fingerprint density at radius 2 is 1.94 bits per heavy atom. The molecule has 172 valence electrons. The predicted molar refractivity (Wildman–Crippen MR) is 134 cm³/mol. The zero-order valence-corrected chi connectivity index (χ0v) is 20.1. The van der Waals surface area contributed by atoms with Crippen molar-refractivity contribution in [2.24, 2.45) is 17.3 Å². The Morgan fingerprint density at radius 1 is 1.09 bits per heavy atom. The summed E-state index contributed by atoms with van der Waals surface area (Å²) in [6.45, 7) is 6.88. The summed E-state index contributed by atoms with van der Waals surface area (Å²) >= 11 is 0. The Balaban J connectivity index is 0.00000111. The molecule has 3 atom stereocenters. The molecule has 4 nitrogen and oxygen atoms in total. The Labute approximate surface area is 197 Å². The van der Waals surface area contributed by atoms with Gasteiger partial charge in [0.25, 0.3) is 5.91 Å². The maximum absolute atomic E-state index is 13.7. The van der Waals surface area contributed by atoms with Crippen LogP contribution in [0.4, 0.5) is 5.69 Å². The molecule has 2 fully saturated rings. The maximum Gasteiger partial charge on any atom is 0.258 e. The number of carbonyl (C=O) groups excluding carboxylic acids is 1. The van der Waals surface area contributed by atoms with Gasteiger partial charge in [0.1, 0.15) is 0 Å². The predicted octanol–water partition coefficient (Wildman–Crippen LogP) is 6.61. The third-order valence-corrected chi connectivity index (χ3v) is 8.09. The average Bonchev–Trinajstić information content (AvgIpc) is 3.50. The van der Waals surface area contributed by atoms with E-state index in [2.05, 4.69) is 41.1 Å². The van der Waals surface area contributed by atoms with E-state index in [1.165, 1.54) is 31.2 Å². The number of imidazole rings is 1. The lowest BCUT2D eigenvalue weighted by atomic mass is 9.68. The van der Waals surface area contributed by atoms with Crippen molar-refractivity contribution in [3.05, 3.63) is 77.9 Å². The molecule has 33 heavy (non-hydrogen) atoms. The number of aryl methyl sites for hydroxylation is 1. The standard InChI is InChI=1S/C27H29N3O.C2H6/c1-19-15-21(8-9-24(19)29-14-12-28-18-29)26(31)30-13-11-27(10-4-6-20-16-23(20)27)17-22-5-2-3-7-25(22)30;1-2/h2-3,5,7-9,12,14-15,18,20,23H,4,6,10-11,13,16-17H2,1H3;1-2H3. The van der Waals surface area contributed by atoms with E-state index in [1.54, 1.807) is 12.5 Å². The van der Waals surface area contributed by atoms with Crippen molar-refractivity contribution in [3.8, 4) is 5.69 Å². The molecule has 0 saturated heterocycles. The quantitative estimate of drug-likeness (QED) is 0.449. The van der Waals surface area contributed by atoms with Gasteiger partial charge >= 0.3 is 0 Å². The lowest BCUT2D eigenvalue weighted by Crippen LogP contribution is -2.35. The fourth-order valence-corrected chi connectivity index (χ4v) is 6.44. The number of aromatic nitrogens is 2. The molecule has 2 heterocycles. The van der Waals surface area contributed by atoms with E-state index in [4.69, 9.17) is 0 Å². The first-order chi connectivity index (χ1) is 16.1. The minimum Gasteiger partial charge on any atom is -0.308 e. The Bertz CT molecular complexity index is 1140. The number of hydrogen-bond donors (Lipinski definition) is 0. The van der Waals surface area contributed by atoms with E-state index in [0.717, 1.165) is 53.7 Å². The van der Waals surface area contributed by atoms with Gasteiger partial charge < -0.3 is 9.47 Å². The number of rotatable bonds is 2. The highest BCUT2D eigenvalue weighted by atomic mass is 16.2. The van der Waals surface area contributed by atoms with Crippen molar-refractivity contribution in [3.63, 3.8) is 0 Å². The van der Waals surface area contributed by atoms with Crippen molar-refractivity contribution in [2.75, 3.05) is 11.4 Å². The van der Waals surface area contributed by atoms with E-state index in [0.29, 0.717) is 5.41 Å². The molecule has 3 aliphatic rings. The molecule has 0 radical (unpaired) electrons. The molecule has 3 unspecified atom stereocenters. The summed E-state index contributed by atoms with van der Waals surface area (Å²) in [4.78, 5) is 19.9. The second-order valence-corrected chi connectivity index (χ2v) is 9.84. The molecule has 3 aromatic rings. The molecule has 6 rings (SSSR count). The SMILES string of the molecule is CC.Cc1cc(C(=O)N2CCC3(CCCC4CC43)Cc3ccccc32)ccc1-n1ccnc1. The van der Waals surface area contributed by atoms with Crippen LogP contribution in [0.1, 0.15) is 67.4 Å². The number of fused-ring (bicyclic) bond motifs is 3. The van der Waals surface area contributed by atoms with Crippen LogP contribution in [0.15, 0.2) is 61.2 Å². The summed E-state index contributed by atoms with van der Waals surface area (Å²) in [6.07, 6.45) is 13.3. The number of benzene rings is 2. The maximum atomic E-state index is 13.7. The van der Waals surface area contributed by atoms with Gasteiger partial charge in [0.05, 0.1) is 6.33 Å². The van der Waals surface area contributed by atoms with Crippen molar-refractivity contribution in [1.82, 2.24) is 9.55 Å². The largest absolute Gasteiger partial charge is 0.308 e. The van der Waals surface area contributed by atoms with Gasteiger partial charge in [-0.15, -0.1) is 0 Å². The summed E-state index contributed by atoms with van der Waals surface area (Å²) in [5.74, 6) is 1.94. The number of amides is 1. The smallest absolute Gasteiger partial charge is 0.258 e. The highest BCUT2D eigenvalue weighted by Crippen LogP contribution is 2.62. The van der Waals surface area contributed by atoms with E-state index < -0.39 is 0 Å². The number of nitrogens with zero attached hydrogens (tertiary/aromatic N) is 3. The lowest BCUT2D eigenvalue weighted by molar-refractivity contribution is 0.0978. The van der Waals surface area contributed by atoms with E-state index in [-0.39, 0.29) is 5.91 Å². The minimum absolute atomic E-state index is 0.118. The van der Waals surface area contributed by atoms with E-state index in [9.17, 15) is 4.79 Å². The average molecular weight is 442 g/mol. The first-order valence-electron chi connectivity index (χ1n) is 12.6. The second kappa shape index (κ2) is 8.81. The summed E-state index contributed by atoms with van der Waals surface area (Å²) in [5, 5.41) is 0. The molecule has 2 saturated carbocycles. The summed E-state index contributed by atoms with van der Waals surface area (Å²) in [6, 6.07) is 14.6. The normalized spacial score (nSPS) is 25.4. The van der Waals surface area contributed by atoms with Gasteiger partial charge in [0.15, 0.2) is 0 Å². The van der Waals surface area contributed by atoms with Gasteiger partial charge in [0, 0.05) is 35.9 Å². The first-order valence-corrected chi connectivity index (χ1v) is 12.6. The van der Waals surface area contributed by atoms with Crippen molar-refractivity contribution < 1.29 is 4.79 Å². The van der Waals surface area contributed by atoms with Crippen LogP contribution in [0.2, 0.25) is 0 Å². The van der Waals surface area contributed by atoms with Gasteiger partial charge in [-0.3, -0.25) is 4.79 Å². The number of para-hydroxylation sites is 1. The molecule has 0 N–H and O–H groups in total. The molecular weight excluding hydrogens is 406 g/mol. The third-order valence-electron chi connectivity index (χ3n) is 8.09. The number of hydrogen-bond acceptors (Lipinski definition) is 2. The molecule has 2 aromatic carbocycles. The summed E-state index contributed by atoms with van der Waals surface area (Å²) in [7, 11) is 0. The Kier molecular flexibility index (Phi) is 5.86. The van der Waals surface area contributed by atoms with Crippen LogP contribution in [-0.4, -0.2) is 22.0 Å². The molecule has 0 bridgehead atoms. The molecular formula is C29H35N3O. The van der Waals surface area contributed by atoms with E-state index >= 15 is 0 Å². The molecule has 1 amide bonds. The third kappa shape index (κ3) is 3.90. The lowest BCUT2D eigenvalue weighted by Gasteiger charge is -2.37. The van der Waals surface area contributed by atoms with Crippen LogP contribution in [0.25, 0.3) is 5.69 Å². The fraction of sp³-hybridized carbons (Fsp3) is 0.448. The first kappa shape index (κ1) is 21.9. The van der Waals surface area contributed by atoms with Gasteiger partial charge in [-0.2, -0.15) is 0 Å². The van der Waals surface area contributed by atoms with Crippen molar-refractivity contribution in [2.45, 2.75) is 59.3 Å². The van der Waals surface area contributed by atoms with Gasteiger partial charge in [-0.05, 0) is 85.3 Å². The molecule has 1 spiro atoms. The van der Waals surface area contributed by atoms with Crippen LogP contribution in [0.5, 0.6) is 0 Å². The molecule has 1 aliphatic heterocycles. The fourth-order valence-electron chi connectivity index (χ4n) is 6.44. The Hall–Kier alpha value is -2.88. The van der Waals surface area contributed by atoms with Crippen LogP contribution >= 0.6 is 0 Å². The topological polar surface area (TPSA) is 38.1 Å². The molecule has 1 aromatic heterocycles. The van der Waals surface area contributed by atoms with Crippen LogP contribution < -0.4 is 4.90 Å². The van der Waals surface area contributed by atoms with Crippen molar-refractivity contribution >= 4 is 11.6 Å². The zero-order chi connectivity index (χ0) is 23.0. The monoisotopic (exact) mass is 441 g/mol. The van der Waals surface area contributed by atoms with Crippen molar-refractivity contribution in [1.29, 1.82) is 0 Å². The van der Waals surface area contributed by atoms with E-state index in [1.807, 2.05) is 42.8 Å². The molecule has 2 aliphatic carbocycles. The summed E-state index contributed by atoms with van der Waals surface area (Å²) in [5.41, 5.74) is 5.77. The van der Waals surface area contributed by atoms with Crippen LogP contribution in [0, 0.1) is 24.2 Å². The van der Waals surface area contributed by atoms with Gasteiger partial charge in [-0.25, -0.2) is 4.98 Å². The second-order valence-electron chi connectivity index (χ2n) is 9.84. The highest BCUT2D eigenvalue weighted by Gasteiger charge is 2.55. The molecule has 4 heteroatoms. The zero-order valence-electron chi connectivity index (χ0n) is 20.1. The number of anilines is 1. The van der Waals surface area contributed by atoms with Crippen LogP contribution in [0.3, 0.4) is 0 Å². The van der Waals surface area contributed by atoms with Gasteiger partial charge in [-0.1, -0.05) is 44.9 Å².